The van der Waals surface area contributed by atoms with Crippen molar-refractivity contribution in [2.24, 2.45) is 0 Å². The van der Waals surface area contributed by atoms with E-state index in [9.17, 15) is 5.11 Å². The van der Waals surface area contributed by atoms with Crippen LogP contribution in [0.3, 0.4) is 0 Å². The van der Waals surface area contributed by atoms with Gasteiger partial charge in [-0.3, -0.25) is 0 Å². The first kappa shape index (κ1) is 8.54. The summed E-state index contributed by atoms with van der Waals surface area (Å²) in [5.41, 5.74) is 2.18. The van der Waals surface area contributed by atoms with Crippen molar-refractivity contribution in [2.45, 2.75) is 38.7 Å². The molecule has 1 fully saturated rings. The highest BCUT2D eigenvalue weighted by molar-refractivity contribution is 5.31. The van der Waals surface area contributed by atoms with Crippen LogP contribution < -0.4 is 0 Å². The number of aliphatic hydroxyl groups excluding tert-OH is 1. The van der Waals surface area contributed by atoms with E-state index in [1.807, 2.05) is 13.0 Å². The number of allylic oxidation sites excluding steroid dienone is 1. The van der Waals surface area contributed by atoms with Gasteiger partial charge in [-0.1, -0.05) is 19.1 Å². The lowest BCUT2D eigenvalue weighted by Crippen LogP contribution is -2.08. The predicted molar refractivity (Wildman–Crippen MR) is 47.4 cm³/mol. The highest BCUT2D eigenvalue weighted by atomic mass is 16.3. The van der Waals surface area contributed by atoms with Crippen LogP contribution in [0.25, 0.3) is 0 Å². The molecule has 62 valence electrons. The largest absolute Gasteiger partial charge is 0.388 e. The second-order valence-electron chi connectivity index (χ2n) is 3.11. The third-order valence-electron chi connectivity index (χ3n) is 2.28. The molecule has 0 heterocycles. The van der Waals surface area contributed by atoms with Gasteiger partial charge in [-0.25, -0.2) is 0 Å². The average molecular weight is 152 g/mol. The zero-order valence-corrected chi connectivity index (χ0v) is 7.14. The zero-order valence-electron chi connectivity index (χ0n) is 7.14. The van der Waals surface area contributed by atoms with Crippen molar-refractivity contribution < 1.29 is 5.11 Å². The summed E-state index contributed by atoms with van der Waals surface area (Å²) >= 11 is 0. The van der Waals surface area contributed by atoms with Crippen LogP contribution in [0.15, 0.2) is 23.8 Å². The van der Waals surface area contributed by atoms with E-state index >= 15 is 0 Å². The van der Waals surface area contributed by atoms with E-state index in [0.29, 0.717) is 0 Å². The van der Waals surface area contributed by atoms with Crippen LogP contribution >= 0.6 is 0 Å². The van der Waals surface area contributed by atoms with Gasteiger partial charge in [0.2, 0.25) is 0 Å². The van der Waals surface area contributed by atoms with Crippen LogP contribution in [-0.2, 0) is 0 Å². The molecule has 1 rings (SSSR count). The molecular weight excluding hydrogens is 136 g/mol. The maximum absolute atomic E-state index is 9.59. The number of hydrogen-bond acceptors (Lipinski definition) is 1. The Kier molecular flexibility index (Phi) is 2.89. The van der Waals surface area contributed by atoms with E-state index in [1.54, 1.807) is 0 Å². The molecule has 1 unspecified atom stereocenters. The molecule has 0 bridgehead atoms. The Morgan fingerprint density at radius 1 is 1.55 bits per heavy atom. The fraction of sp³-hybridized carbons (Fsp3) is 0.600. The van der Waals surface area contributed by atoms with Crippen LogP contribution in [-0.4, -0.2) is 11.2 Å². The second-order valence-corrected chi connectivity index (χ2v) is 3.11. The Morgan fingerprint density at radius 2 is 2.27 bits per heavy atom. The smallest absolute Gasteiger partial charge is 0.0789 e. The average Bonchev–Trinajstić information content (AvgIpc) is 2.12. The summed E-state index contributed by atoms with van der Waals surface area (Å²) in [5, 5.41) is 9.59. The van der Waals surface area contributed by atoms with Gasteiger partial charge in [0.15, 0.2) is 0 Å². The van der Waals surface area contributed by atoms with E-state index < -0.39 is 0 Å². The number of rotatable bonds is 0. The van der Waals surface area contributed by atoms with E-state index in [2.05, 4.69) is 6.58 Å². The van der Waals surface area contributed by atoms with Gasteiger partial charge in [-0.05, 0) is 37.3 Å². The van der Waals surface area contributed by atoms with E-state index in [4.69, 9.17) is 0 Å². The molecule has 1 N–H and O–H groups in total. The molecule has 0 aliphatic heterocycles. The quantitative estimate of drug-likeness (QED) is 0.528. The summed E-state index contributed by atoms with van der Waals surface area (Å²) in [6.45, 7) is 5.92. The zero-order chi connectivity index (χ0) is 8.27. The maximum atomic E-state index is 9.59. The van der Waals surface area contributed by atoms with Crippen molar-refractivity contribution in [1.82, 2.24) is 0 Å². The molecule has 1 atom stereocenters. The van der Waals surface area contributed by atoms with Crippen LogP contribution in [0.2, 0.25) is 0 Å². The van der Waals surface area contributed by atoms with Gasteiger partial charge < -0.3 is 5.11 Å². The summed E-state index contributed by atoms with van der Waals surface area (Å²) in [7, 11) is 0. The molecule has 0 aromatic rings. The first-order valence-electron chi connectivity index (χ1n) is 4.28. The lowest BCUT2D eigenvalue weighted by atomic mass is 10.0. The SMILES string of the molecule is C=C1CCCCC(O)/C1=C/C. The molecule has 1 aliphatic carbocycles. The normalized spacial score (nSPS) is 30.5. The highest BCUT2D eigenvalue weighted by Crippen LogP contribution is 2.26. The van der Waals surface area contributed by atoms with Crippen LogP contribution in [0.4, 0.5) is 0 Å². The highest BCUT2D eigenvalue weighted by Gasteiger charge is 2.15. The first-order chi connectivity index (χ1) is 5.25. The van der Waals surface area contributed by atoms with Gasteiger partial charge in [0.25, 0.3) is 0 Å². The van der Waals surface area contributed by atoms with Crippen molar-refractivity contribution in [3.63, 3.8) is 0 Å². The molecule has 0 aromatic carbocycles. The topological polar surface area (TPSA) is 20.2 Å². The minimum atomic E-state index is -0.255. The fourth-order valence-electron chi connectivity index (χ4n) is 1.61. The molecular formula is C10H16O. The van der Waals surface area contributed by atoms with Gasteiger partial charge in [-0.2, -0.15) is 0 Å². The van der Waals surface area contributed by atoms with Gasteiger partial charge in [0.1, 0.15) is 0 Å². The first-order valence-corrected chi connectivity index (χ1v) is 4.28. The summed E-state index contributed by atoms with van der Waals surface area (Å²) in [5.74, 6) is 0. The van der Waals surface area contributed by atoms with Crippen molar-refractivity contribution in [3.8, 4) is 0 Å². The number of aliphatic hydroxyl groups is 1. The Hall–Kier alpha value is -0.560. The summed E-state index contributed by atoms with van der Waals surface area (Å²) in [6, 6.07) is 0. The molecule has 0 saturated heterocycles. The summed E-state index contributed by atoms with van der Waals surface area (Å²) < 4.78 is 0. The van der Waals surface area contributed by atoms with Gasteiger partial charge >= 0.3 is 0 Å². The predicted octanol–water partition coefficient (Wildman–Crippen LogP) is 2.42. The molecule has 1 saturated carbocycles. The third kappa shape index (κ3) is 1.93. The lowest BCUT2D eigenvalue weighted by Gasteiger charge is -2.11. The van der Waals surface area contributed by atoms with Crippen molar-refractivity contribution in [3.05, 3.63) is 23.8 Å². The molecule has 1 aliphatic rings. The molecule has 0 spiro atoms. The molecule has 0 amide bonds. The standard InChI is InChI=1S/C10H16O/c1-3-9-8(2)6-4-5-7-10(9)11/h3,10-11H,2,4-7H2,1H3/b9-3+. The molecule has 0 radical (unpaired) electrons. The van der Waals surface area contributed by atoms with Gasteiger partial charge in [-0.15, -0.1) is 0 Å². The summed E-state index contributed by atoms with van der Waals surface area (Å²) in [4.78, 5) is 0. The number of hydrogen-bond donors (Lipinski definition) is 1. The van der Waals surface area contributed by atoms with Gasteiger partial charge in [0.05, 0.1) is 6.10 Å². The minimum absolute atomic E-state index is 0.255. The lowest BCUT2D eigenvalue weighted by molar-refractivity contribution is 0.203. The van der Waals surface area contributed by atoms with Crippen molar-refractivity contribution >= 4 is 0 Å². The molecule has 0 aromatic heterocycles. The third-order valence-corrected chi connectivity index (χ3v) is 2.28. The Labute approximate surface area is 68.4 Å². The Morgan fingerprint density at radius 3 is 2.91 bits per heavy atom. The summed E-state index contributed by atoms with van der Waals surface area (Å²) in [6.07, 6.45) is 5.98. The fourth-order valence-corrected chi connectivity index (χ4v) is 1.61. The maximum Gasteiger partial charge on any atom is 0.0789 e. The van der Waals surface area contributed by atoms with Crippen molar-refractivity contribution in [1.29, 1.82) is 0 Å². The molecule has 1 nitrogen and oxygen atoms in total. The van der Waals surface area contributed by atoms with Crippen LogP contribution in [0.5, 0.6) is 0 Å². The van der Waals surface area contributed by atoms with Crippen LogP contribution in [0.1, 0.15) is 32.6 Å². The second kappa shape index (κ2) is 3.72. The molecule has 1 heteroatoms. The van der Waals surface area contributed by atoms with E-state index in [1.165, 1.54) is 6.42 Å². The Bertz CT molecular complexity index is 179. The molecule has 11 heavy (non-hydrogen) atoms. The Balaban J connectivity index is 2.75. The van der Waals surface area contributed by atoms with Gasteiger partial charge in [0, 0.05) is 0 Å². The monoisotopic (exact) mass is 152 g/mol. The van der Waals surface area contributed by atoms with E-state index in [-0.39, 0.29) is 6.10 Å². The van der Waals surface area contributed by atoms with Crippen molar-refractivity contribution in [2.75, 3.05) is 0 Å². The minimum Gasteiger partial charge on any atom is -0.388 e. The van der Waals surface area contributed by atoms with Crippen LogP contribution in [0, 0.1) is 0 Å². The van der Waals surface area contributed by atoms with E-state index in [0.717, 1.165) is 30.4 Å².